The van der Waals surface area contributed by atoms with E-state index in [1.165, 1.54) is 43.0 Å². The third-order valence-corrected chi connectivity index (χ3v) is 8.10. The average molecular weight is 558 g/mol. The monoisotopic (exact) mass is 557 g/mol. The van der Waals surface area contributed by atoms with Crippen molar-refractivity contribution in [2.24, 2.45) is 17.8 Å². The van der Waals surface area contributed by atoms with E-state index in [2.05, 4.69) is 22.3 Å². The molecule has 40 heavy (non-hydrogen) atoms. The zero-order valence-corrected chi connectivity index (χ0v) is 23.9. The SMILES string of the molecule is CCC1CC2CCC(C2)C1OCCN(C)C(=O)Cn1cc(NC=O)cn1.COc1cc(OC2CCOC2)ccn1. The quantitative estimate of drug-likeness (QED) is 0.395. The predicted molar refractivity (Wildman–Crippen MR) is 149 cm³/mol. The molecular weight excluding hydrogens is 514 g/mol. The van der Waals surface area contributed by atoms with Gasteiger partial charge in [0.2, 0.25) is 18.2 Å². The number of methoxy groups -OCH3 is 1. The van der Waals surface area contributed by atoms with Crippen LogP contribution >= 0.6 is 0 Å². The van der Waals surface area contributed by atoms with Gasteiger partial charge in [0.05, 0.1) is 44.9 Å². The normalized spacial score (nSPS) is 25.0. The molecule has 2 saturated carbocycles. The molecule has 5 rings (SSSR count). The van der Waals surface area contributed by atoms with Gasteiger partial charge in [0.25, 0.3) is 0 Å². The molecule has 1 saturated heterocycles. The van der Waals surface area contributed by atoms with Gasteiger partial charge in [-0.3, -0.25) is 14.3 Å². The highest BCUT2D eigenvalue weighted by Crippen LogP contribution is 2.47. The first-order chi connectivity index (χ1) is 19.5. The molecule has 5 atom stereocenters. The highest BCUT2D eigenvalue weighted by atomic mass is 16.5. The van der Waals surface area contributed by atoms with Crippen LogP contribution in [0.1, 0.15) is 45.4 Å². The number of fused-ring (bicyclic) bond motifs is 2. The molecule has 2 bridgehead atoms. The number of amides is 2. The van der Waals surface area contributed by atoms with Crippen molar-refractivity contribution in [3.8, 4) is 11.6 Å². The van der Waals surface area contributed by atoms with E-state index in [9.17, 15) is 9.59 Å². The molecule has 3 heterocycles. The second-order valence-electron chi connectivity index (χ2n) is 10.8. The van der Waals surface area contributed by atoms with E-state index in [0.717, 1.165) is 24.7 Å². The van der Waals surface area contributed by atoms with Crippen LogP contribution in [-0.2, 0) is 25.6 Å². The summed E-state index contributed by atoms with van der Waals surface area (Å²) in [6.45, 7) is 5.05. The summed E-state index contributed by atoms with van der Waals surface area (Å²) >= 11 is 0. The van der Waals surface area contributed by atoms with Crippen molar-refractivity contribution in [2.45, 2.75) is 64.2 Å². The molecule has 11 heteroatoms. The van der Waals surface area contributed by atoms with Gasteiger partial charge in [0.1, 0.15) is 18.4 Å². The molecule has 2 aromatic heterocycles. The van der Waals surface area contributed by atoms with Crippen molar-refractivity contribution in [1.29, 1.82) is 0 Å². The van der Waals surface area contributed by atoms with E-state index in [0.29, 0.717) is 55.7 Å². The molecule has 1 N–H and O–H groups in total. The van der Waals surface area contributed by atoms with Gasteiger partial charge in [-0.25, -0.2) is 4.98 Å². The van der Waals surface area contributed by atoms with E-state index >= 15 is 0 Å². The minimum atomic E-state index is -0.0223. The van der Waals surface area contributed by atoms with Gasteiger partial charge < -0.3 is 29.2 Å². The maximum absolute atomic E-state index is 12.3. The van der Waals surface area contributed by atoms with Gasteiger partial charge in [-0.05, 0) is 43.1 Å². The molecule has 5 unspecified atom stereocenters. The lowest BCUT2D eigenvalue weighted by Crippen LogP contribution is -2.38. The third kappa shape index (κ3) is 8.41. The molecular formula is C29H43N5O6. The second kappa shape index (κ2) is 15.0. The fourth-order valence-corrected chi connectivity index (χ4v) is 5.92. The Morgan fingerprint density at radius 1 is 1.30 bits per heavy atom. The molecule has 1 aliphatic heterocycles. The number of hydrogen-bond donors (Lipinski definition) is 1. The van der Waals surface area contributed by atoms with E-state index in [1.807, 2.05) is 6.07 Å². The lowest BCUT2D eigenvalue weighted by molar-refractivity contribution is -0.132. The highest BCUT2D eigenvalue weighted by Gasteiger charge is 2.41. The number of carbonyl (C=O) groups is 2. The number of ether oxygens (including phenoxy) is 4. The van der Waals surface area contributed by atoms with Crippen molar-refractivity contribution in [2.75, 3.05) is 45.8 Å². The molecule has 2 aliphatic carbocycles. The van der Waals surface area contributed by atoms with Crippen LogP contribution in [0.15, 0.2) is 30.7 Å². The second-order valence-corrected chi connectivity index (χ2v) is 10.8. The maximum atomic E-state index is 12.3. The summed E-state index contributed by atoms with van der Waals surface area (Å²) in [4.78, 5) is 28.4. The standard InChI is InChI=1S/C19H30N4O3.C10H13NO3/c1-3-15-8-14-4-5-16(9-14)19(15)26-7-6-22(2)18(25)12-23-11-17(10-21-23)20-13-24;1-12-10-6-8(2-4-11-10)14-9-3-5-13-7-9/h10-11,13-16,19H,3-9,12H2,1-2H3,(H,20,24);2,4,6,9H,3,5,7H2,1H3. The van der Waals surface area contributed by atoms with Crippen LogP contribution in [0.25, 0.3) is 0 Å². The summed E-state index contributed by atoms with van der Waals surface area (Å²) in [5.74, 6) is 3.64. The third-order valence-electron chi connectivity index (χ3n) is 8.10. The molecule has 0 radical (unpaired) electrons. The van der Waals surface area contributed by atoms with Crippen LogP contribution in [0, 0.1) is 17.8 Å². The van der Waals surface area contributed by atoms with Crippen LogP contribution in [0.3, 0.4) is 0 Å². The van der Waals surface area contributed by atoms with Crippen molar-refractivity contribution in [1.82, 2.24) is 19.7 Å². The van der Waals surface area contributed by atoms with Gasteiger partial charge in [-0.2, -0.15) is 5.10 Å². The summed E-state index contributed by atoms with van der Waals surface area (Å²) in [5, 5.41) is 6.59. The van der Waals surface area contributed by atoms with Crippen LogP contribution in [0.4, 0.5) is 5.69 Å². The summed E-state index contributed by atoms with van der Waals surface area (Å²) in [5.41, 5.74) is 0.580. The number of hydrogen-bond acceptors (Lipinski definition) is 8. The number of nitrogens with zero attached hydrogens (tertiary/aromatic N) is 4. The summed E-state index contributed by atoms with van der Waals surface area (Å²) in [6.07, 6.45) is 13.4. The van der Waals surface area contributed by atoms with Crippen molar-refractivity contribution in [3.05, 3.63) is 30.7 Å². The predicted octanol–water partition coefficient (Wildman–Crippen LogP) is 3.40. The lowest BCUT2D eigenvalue weighted by atomic mass is 9.77. The van der Waals surface area contributed by atoms with E-state index in [1.54, 1.807) is 37.5 Å². The molecule has 2 aromatic rings. The Hall–Kier alpha value is -3.18. The zero-order chi connectivity index (χ0) is 28.3. The van der Waals surface area contributed by atoms with Crippen LogP contribution in [0.5, 0.6) is 11.6 Å². The minimum Gasteiger partial charge on any atom is -0.488 e. The number of rotatable bonds is 12. The minimum absolute atomic E-state index is 0.0223. The molecule has 3 fully saturated rings. The number of pyridine rings is 1. The summed E-state index contributed by atoms with van der Waals surface area (Å²) in [6, 6.07) is 3.60. The maximum Gasteiger partial charge on any atom is 0.244 e. The van der Waals surface area contributed by atoms with Crippen molar-refractivity contribution in [3.63, 3.8) is 0 Å². The largest absolute Gasteiger partial charge is 0.488 e. The van der Waals surface area contributed by atoms with E-state index in [4.69, 9.17) is 18.9 Å². The summed E-state index contributed by atoms with van der Waals surface area (Å²) in [7, 11) is 3.38. The van der Waals surface area contributed by atoms with Gasteiger partial charge in [0, 0.05) is 38.5 Å². The van der Waals surface area contributed by atoms with Crippen LogP contribution < -0.4 is 14.8 Å². The first-order valence-electron chi connectivity index (χ1n) is 14.3. The Balaban J connectivity index is 0.000000222. The highest BCUT2D eigenvalue weighted by molar-refractivity contribution is 5.76. The molecule has 3 aliphatic rings. The fraction of sp³-hybridized carbons (Fsp3) is 0.655. The van der Waals surface area contributed by atoms with Crippen molar-refractivity contribution < 1.29 is 28.5 Å². The Kier molecular flexibility index (Phi) is 11.2. The Bertz CT molecular complexity index is 1070. The average Bonchev–Trinajstić information content (AvgIpc) is 3.73. The molecule has 0 spiro atoms. The zero-order valence-electron chi connectivity index (χ0n) is 23.9. The molecule has 2 amide bonds. The van der Waals surface area contributed by atoms with Gasteiger partial charge in [0.15, 0.2) is 0 Å². The topological polar surface area (TPSA) is 117 Å². The van der Waals surface area contributed by atoms with E-state index < -0.39 is 0 Å². The van der Waals surface area contributed by atoms with Gasteiger partial charge in [-0.1, -0.05) is 19.8 Å². The van der Waals surface area contributed by atoms with Crippen LogP contribution in [0.2, 0.25) is 0 Å². The van der Waals surface area contributed by atoms with E-state index in [-0.39, 0.29) is 18.6 Å². The van der Waals surface area contributed by atoms with Crippen LogP contribution in [-0.4, -0.2) is 84.7 Å². The number of nitrogens with one attached hydrogen (secondary N) is 1. The molecule has 11 nitrogen and oxygen atoms in total. The first-order valence-corrected chi connectivity index (χ1v) is 14.3. The van der Waals surface area contributed by atoms with Gasteiger partial charge in [-0.15, -0.1) is 0 Å². The fourth-order valence-electron chi connectivity index (χ4n) is 5.92. The number of anilines is 1. The lowest BCUT2D eigenvalue weighted by Gasteiger charge is -2.36. The Labute approximate surface area is 236 Å². The molecule has 220 valence electrons. The first kappa shape index (κ1) is 29.8. The Morgan fingerprint density at radius 2 is 2.17 bits per heavy atom. The number of carbonyl (C=O) groups excluding carboxylic acids is 2. The molecule has 0 aromatic carbocycles. The van der Waals surface area contributed by atoms with Crippen molar-refractivity contribution >= 4 is 18.0 Å². The number of likely N-dealkylation sites (N-methyl/N-ethyl adjacent to an activating group) is 1. The number of aromatic nitrogens is 3. The Morgan fingerprint density at radius 3 is 2.92 bits per heavy atom. The summed E-state index contributed by atoms with van der Waals surface area (Å²) < 4.78 is 23.7. The smallest absolute Gasteiger partial charge is 0.244 e. The van der Waals surface area contributed by atoms with Gasteiger partial charge >= 0.3 is 0 Å².